The standard InChI is InChI=1S/C19H17F3N2O2/c1-11-7-13-9-16(25-2)17(26-3)10-15(13)18(24-23-11)12-5-4-6-14(8-12)19(20,21)22/h4-6,8-10H,7H2,1-3H3. The van der Waals surface area contributed by atoms with Gasteiger partial charge in [-0.05, 0) is 36.8 Å². The van der Waals surface area contributed by atoms with Gasteiger partial charge in [0.2, 0.25) is 0 Å². The second-order valence-corrected chi connectivity index (χ2v) is 5.90. The summed E-state index contributed by atoms with van der Waals surface area (Å²) < 4.78 is 49.9. The van der Waals surface area contributed by atoms with Gasteiger partial charge in [-0.3, -0.25) is 0 Å². The lowest BCUT2D eigenvalue weighted by atomic mass is 9.93. The Hall–Kier alpha value is -2.83. The third kappa shape index (κ3) is 3.42. The van der Waals surface area contributed by atoms with Gasteiger partial charge < -0.3 is 9.47 Å². The Kier molecular flexibility index (Phi) is 4.71. The summed E-state index contributed by atoms with van der Waals surface area (Å²) in [6.45, 7) is 1.82. The molecule has 0 atom stereocenters. The molecule has 0 fully saturated rings. The van der Waals surface area contributed by atoms with Gasteiger partial charge in [0.25, 0.3) is 0 Å². The lowest BCUT2D eigenvalue weighted by molar-refractivity contribution is -0.137. The molecule has 0 aliphatic carbocycles. The molecule has 26 heavy (non-hydrogen) atoms. The number of benzene rings is 2. The number of alkyl halides is 3. The van der Waals surface area contributed by atoms with E-state index in [-0.39, 0.29) is 0 Å². The maximum absolute atomic E-state index is 13.1. The number of hydrogen-bond acceptors (Lipinski definition) is 4. The molecule has 0 saturated carbocycles. The molecule has 1 aliphatic rings. The monoisotopic (exact) mass is 362 g/mol. The molecule has 1 aliphatic heterocycles. The van der Waals surface area contributed by atoms with E-state index in [1.54, 1.807) is 12.1 Å². The summed E-state index contributed by atoms with van der Waals surface area (Å²) in [4.78, 5) is 0. The van der Waals surface area contributed by atoms with Crippen molar-refractivity contribution >= 4 is 11.4 Å². The Balaban J connectivity index is 2.20. The van der Waals surface area contributed by atoms with Crippen LogP contribution in [0.2, 0.25) is 0 Å². The summed E-state index contributed by atoms with van der Waals surface area (Å²) >= 11 is 0. The zero-order valence-electron chi connectivity index (χ0n) is 14.5. The fourth-order valence-corrected chi connectivity index (χ4v) is 2.84. The highest BCUT2D eigenvalue weighted by molar-refractivity contribution is 6.15. The van der Waals surface area contributed by atoms with Crippen LogP contribution in [0.3, 0.4) is 0 Å². The number of hydrogen-bond donors (Lipinski definition) is 0. The van der Waals surface area contributed by atoms with E-state index in [1.807, 2.05) is 13.0 Å². The van der Waals surface area contributed by atoms with Crippen LogP contribution in [-0.2, 0) is 12.6 Å². The van der Waals surface area contributed by atoms with Crippen molar-refractivity contribution in [1.82, 2.24) is 0 Å². The number of rotatable bonds is 3. The molecule has 0 amide bonds. The van der Waals surface area contributed by atoms with Crippen molar-refractivity contribution in [3.8, 4) is 11.5 Å². The molecule has 2 aromatic carbocycles. The van der Waals surface area contributed by atoms with E-state index >= 15 is 0 Å². The van der Waals surface area contributed by atoms with Crippen molar-refractivity contribution in [3.05, 3.63) is 58.7 Å². The second kappa shape index (κ2) is 6.82. The Bertz CT molecular complexity index is 902. The molecular weight excluding hydrogens is 345 g/mol. The molecule has 0 unspecified atom stereocenters. The smallest absolute Gasteiger partial charge is 0.416 e. The molecule has 0 aromatic heterocycles. The number of methoxy groups -OCH3 is 2. The first kappa shape index (κ1) is 18.0. The van der Waals surface area contributed by atoms with Crippen molar-refractivity contribution in [2.24, 2.45) is 10.2 Å². The molecule has 1 heterocycles. The van der Waals surface area contributed by atoms with Gasteiger partial charge in [-0.25, -0.2) is 0 Å². The Morgan fingerprint density at radius 1 is 0.962 bits per heavy atom. The Morgan fingerprint density at radius 3 is 2.31 bits per heavy atom. The molecular formula is C19H17F3N2O2. The summed E-state index contributed by atoms with van der Waals surface area (Å²) in [6.07, 6.45) is -3.91. The average molecular weight is 362 g/mol. The summed E-state index contributed by atoms with van der Waals surface area (Å²) in [5.41, 5.74) is 2.25. The van der Waals surface area contributed by atoms with E-state index in [9.17, 15) is 13.2 Å². The van der Waals surface area contributed by atoms with E-state index < -0.39 is 11.7 Å². The zero-order chi connectivity index (χ0) is 18.9. The van der Waals surface area contributed by atoms with Gasteiger partial charge in [0.05, 0.1) is 19.8 Å². The number of halogens is 3. The highest BCUT2D eigenvalue weighted by Crippen LogP contribution is 2.34. The van der Waals surface area contributed by atoms with Crippen LogP contribution in [0.1, 0.15) is 29.2 Å². The minimum atomic E-state index is -4.43. The molecule has 0 bridgehead atoms. The molecule has 7 heteroatoms. The lowest BCUT2D eigenvalue weighted by Gasteiger charge is -2.15. The SMILES string of the molecule is COc1cc2c(cc1OC)C(c1cccc(C(F)(F)F)c1)=NN=C(C)C2. The first-order valence-corrected chi connectivity index (χ1v) is 7.87. The second-order valence-electron chi connectivity index (χ2n) is 5.90. The van der Waals surface area contributed by atoms with Gasteiger partial charge in [-0.15, -0.1) is 5.10 Å². The largest absolute Gasteiger partial charge is 0.493 e. The first-order chi connectivity index (χ1) is 12.3. The fourth-order valence-electron chi connectivity index (χ4n) is 2.84. The summed E-state index contributed by atoms with van der Waals surface area (Å²) in [6, 6.07) is 8.59. The van der Waals surface area contributed by atoms with Crippen LogP contribution in [0.4, 0.5) is 13.2 Å². The number of fused-ring (bicyclic) bond motifs is 1. The lowest BCUT2D eigenvalue weighted by Crippen LogP contribution is -2.11. The van der Waals surface area contributed by atoms with Crippen molar-refractivity contribution in [2.45, 2.75) is 19.5 Å². The molecule has 4 nitrogen and oxygen atoms in total. The van der Waals surface area contributed by atoms with E-state index in [0.717, 1.165) is 23.4 Å². The summed E-state index contributed by atoms with van der Waals surface area (Å²) in [5, 5.41) is 8.35. The fraction of sp³-hybridized carbons (Fsp3) is 0.263. The predicted molar refractivity (Wildman–Crippen MR) is 93.4 cm³/mol. The van der Waals surface area contributed by atoms with E-state index in [0.29, 0.717) is 34.8 Å². The van der Waals surface area contributed by atoms with Crippen molar-refractivity contribution in [1.29, 1.82) is 0 Å². The van der Waals surface area contributed by atoms with Gasteiger partial charge in [-0.2, -0.15) is 18.3 Å². The molecule has 0 N–H and O–H groups in total. The van der Waals surface area contributed by atoms with Crippen LogP contribution >= 0.6 is 0 Å². The third-order valence-corrected chi connectivity index (χ3v) is 4.09. The van der Waals surface area contributed by atoms with E-state index in [1.165, 1.54) is 20.3 Å². The van der Waals surface area contributed by atoms with Crippen LogP contribution in [0.15, 0.2) is 46.6 Å². The van der Waals surface area contributed by atoms with Crippen molar-refractivity contribution in [3.63, 3.8) is 0 Å². The summed E-state index contributed by atoms with van der Waals surface area (Å²) in [7, 11) is 3.04. The zero-order valence-corrected chi connectivity index (χ0v) is 14.5. The predicted octanol–water partition coefficient (Wildman–Crippen LogP) is 4.49. The van der Waals surface area contributed by atoms with Crippen LogP contribution in [0.5, 0.6) is 11.5 Å². The molecule has 0 saturated heterocycles. The Labute approximate surface area is 149 Å². The molecule has 3 rings (SSSR count). The molecule has 0 radical (unpaired) electrons. The van der Waals surface area contributed by atoms with Gasteiger partial charge in [0, 0.05) is 23.3 Å². The van der Waals surface area contributed by atoms with Gasteiger partial charge in [0.1, 0.15) is 5.71 Å². The van der Waals surface area contributed by atoms with Gasteiger partial charge in [-0.1, -0.05) is 12.1 Å². The van der Waals surface area contributed by atoms with Gasteiger partial charge >= 0.3 is 6.18 Å². The van der Waals surface area contributed by atoms with E-state index in [2.05, 4.69) is 10.2 Å². The average Bonchev–Trinajstić information content (AvgIpc) is 2.77. The highest BCUT2D eigenvalue weighted by Gasteiger charge is 2.31. The van der Waals surface area contributed by atoms with Crippen molar-refractivity contribution < 1.29 is 22.6 Å². The minimum absolute atomic E-state index is 0.340. The first-order valence-electron chi connectivity index (χ1n) is 7.87. The normalized spacial score (nSPS) is 14.1. The quantitative estimate of drug-likeness (QED) is 0.807. The maximum Gasteiger partial charge on any atom is 0.416 e. The topological polar surface area (TPSA) is 43.2 Å². The van der Waals surface area contributed by atoms with Gasteiger partial charge in [0.15, 0.2) is 11.5 Å². The highest BCUT2D eigenvalue weighted by atomic mass is 19.4. The van der Waals surface area contributed by atoms with Crippen LogP contribution < -0.4 is 9.47 Å². The third-order valence-electron chi connectivity index (χ3n) is 4.09. The van der Waals surface area contributed by atoms with E-state index in [4.69, 9.17) is 9.47 Å². The maximum atomic E-state index is 13.1. The molecule has 2 aromatic rings. The Morgan fingerprint density at radius 2 is 1.65 bits per heavy atom. The van der Waals surface area contributed by atoms with Crippen LogP contribution in [0, 0.1) is 0 Å². The number of nitrogens with zero attached hydrogens (tertiary/aromatic N) is 2. The molecule has 0 spiro atoms. The van der Waals surface area contributed by atoms with Crippen LogP contribution in [0.25, 0.3) is 0 Å². The van der Waals surface area contributed by atoms with Crippen molar-refractivity contribution in [2.75, 3.05) is 14.2 Å². The summed E-state index contributed by atoms with van der Waals surface area (Å²) in [5.74, 6) is 1.02. The van der Waals surface area contributed by atoms with Crippen LogP contribution in [-0.4, -0.2) is 25.6 Å². The molecule has 136 valence electrons. The minimum Gasteiger partial charge on any atom is -0.493 e. The number of ether oxygens (including phenoxy) is 2.